The summed E-state index contributed by atoms with van der Waals surface area (Å²) < 4.78 is 42.1. The lowest BCUT2D eigenvalue weighted by molar-refractivity contribution is -0.150. The van der Waals surface area contributed by atoms with Crippen LogP contribution in [0.15, 0.2) is 36.4 Å². The van der Waals surface area contributed by atoms with Gasteiger partial charge in [0.1, 0.15) is 29.7 Å². The fraction of sp³-hybridized carbons (Fsp3) is 0.464. The van der Waals surface area contributed by atoms with Gasteiger partial charge in [0.2, 0.25) is 5.91 Å². The number of ether oxygens (including phenoxy) is 2. The van der Waals surface area contributed by atoms with Gasteiger partial charge in [0.25, 0.3) is 0 Å². The number of esters is 1. The first-order valence-electron chi connectivity index (χ1n) is 12.9. The van der Waals surface area contributed by atoms with Crippen LogP contribution in [0.2, 0.25) is 10.0 Å². The van der Waals surface area contributed by atoms with Crippen LogP contribution in [-0.4, -0.2) is 55.0 Å². The van der Waals surface area contributed by atoms with Crippen molar-refractivity contribution in [1.29, 1.82) is 5.26 Å². The van der Waals surface area contributed by atoms with Gasteiger partial charge < -0.3 is 20.3 Å². The van der Waals surface area contributed by atoms with Crippen molar-refractivity contribution in [2.75, 3.05) is 19.8 Å². The van der Waals surface area contributed by atoms with Crippen LogP contribution in [0.1, 0.15) is 42.7 Å². The van der Waals surface area contributed by atoms with Crippen molar-refractivity contribution < 1.29 is 33.0 Å². The van der Waals surface area contributed by atoms with Gasteiger partial charge in [-0.25, -0.2) is 8.78 Å². The Bertz CT molecular complexity index is 1300. The lowest BCUT2D eigenvalue weighted by Crippen LogP contribution is -2.44. The van der Waals surface area contributed by atoms with Crippen molar-refractivity contribution in [2.45, 2.75) is 55.2 Å². The van der Waals surface area contributed by atoms with Crippen LogP contribution in [0.5, 0.6) is 0 Å². The summed E-state index contributed by atoms with van der Waals surface area (Å²) in [5.41, 5.74) is 3.17. The Kier molecular flexibility index (Phi) is 9.64. The summed E-state index contributed by atoms with van der Waals surface area (Å²) in [5, 5.41) is 23.9. The highest BCUT2D eigenvalue weighted by Crippen LogP contribution is 2.52. The molecule has 5 atom stereocenters. The number of primary amides is 1. The van der Waals surface area contributed by atoms with Crippen molar-refractivity contribution in [3.63, 3.8) is 0 Å². The molecule has 2 aromatic rings. The zero-order chi connectivity index (χ0) is 29.0. The number of carbonyl (C=O) groups is 2. The van der Waals surface area contributed by atoms with Crippen LogP contribution in [-0.2, 0) is 24.5 Å². The van der Waals surface area contributed by atoms with Crippen LogP contribution < -0.4 is 11.1 Å². The molecule has 0 radical (unpaired) electrons. The number of benzene rings is 2. The molecule has 2 heterocycles. The molecule has 2 aliphatic heterocycles. The van der Waals surface area contributed by atoms with Crippen LogP contribution in [0.25, 0.3) is 0 Å². The van der Waals surface area contributed by atoms with Crippen LogP contribution in [0, 0.1) is 28.9 Å². The summed E-state index contributed by atoms with van der Waals surface area (Å²) in [6.45, 7) is 0.466. The normalized spacial score (nSPS) is 25.8. The molecule has 2 fully saturated rings. The van der Waals surface area contributed by atoms with Crippen molar-refractivity contribution in [3.05, 3.63) is 69.2 Å². The van der Waals surface area contributed by atoms with E-state index in [1.165, 1.54) is 30.3 Å². The predicted octanol–water partition coefficient (Wildman–Crippen LogP) is 3.75. The third kappa shape index (κ3) is 6.09. The topological polar surface area (TPSA) is 135 Å². The minimum Gasteiger partial charge on any atom is -0.462 e. The van der Waals surface area contributed by atoms with Crippen LogP contribution in [0.4, 0.5) is 8.78 Å². The molecule has 2 saturated heterocycles. The minimum absolute atomic E-state index is 0.0580. The minimum atomic E-state index is -1.80. The smallest absolute Gasteiger partial charge is 0.323 e. The van der Waals surface area contributed by atoms with Gasteiger partial charge in [-0.15, -0.1) is 0 Å². The first-order valence-corrected chi connectivity index (χ1v) is 13.6. The van der Waals surface area contributed by atoms with E-state index in [1.807, 2.05) is 0 Å². The summed E-state index contributed by atoms with van der Waals surface area (Å²) in [6.07, 6.45) is -0.0777. The number of amides is 1. The Morgan fingerprint density at radius 3 is 2.62 bits per heavy atom. The number of carbonyl (C=O) groups excluding carboxylic acids is 2. The molecule has 0 unspecified atom stereocenters. The maximum atomic E-state index is 15.7. The van der Waals surface area contributed by atoms with Crippen LogP contribution >= 0.6 is 23.2 Å². The molecule has 40 heavy (non-hydrogen) atoms. The number of hydrogen-bond donors (Lipinski definition) is 3. The van der Waals surface area contributed by atoms with E-state index in [4.69, 9.17) is 38.4 Å². The molecule has 2 aliphatic rings. The number of nitrogens with two attached hydrogens (primary N) is 1. The third-order valence-electron chi connectivity index (χ3n) is 7.65. The number of aliphatic hydroxyl groups is 1. The molecule has 12 heteroatoms. The second-order valence-corrected chi connectivity index (χ2v) is 11.0. The molecule has 2 aromatic carbocycles. The van der Waals surface area contributed by atoms with Gasteiger partial charge in [-0.1, -0.05) is 41.4 Å². The average Bonchev–Trinajstić information content (AvgIpc) is 3.23. The van der Waals surface area contributed by atoms with Gasteiger partial charge in [-0.2, -0.15) is 5.26 Å². The zero-order valence-electron chi connectivity index (χ0n) is 21.4. The predicted molar refractivity (Wildman–Crippen MR) is 143 cm³/mol. The van der Waals surface area contributed by atoms with Gasteiger partial charge in [-0.3, -0.25) is 14.9 Å². The number of halogens is 4. The molecule has 0 spiro atoms. The number of nitrogens with zero attached hydrogens (tertiary/aromatic N) is 1. The summed E-state index contributed by atoms with van der Waals surface area (Å²) in [6, 6.07) is 8.17. The quantitative estimate of drug-likeness (QED) is 0.376. The lowest BCUT2D eigenvalue weighted by Gasteiger charge is -2.37. The average molecular weight is 596 g/mol. The maximum Gasteiger partial charge on any atom is 0.323 e. The Hall–Kier alpha value is -2.81. The molecule has 4 rings (SSSR count). The highest BCUT2D eigenvalue weighted by molar-refractivity contribution is 6.31. The molecule has 4 N–H and O–H groups in total. The molecular weight excluding hydrogens is 567 g/mol. The number of nitrogens with one attached hydrogen (secondary N) is 1. The fourth-order valence-electron chi connectivity index (χ4n) is 5.83. The number of aliphatic hydroxyl groups excluding tert-OH is 1. The molecular formula is C28H29Cl2F2N3O5. The Balaban J connectivity index is 1.85. The highest BCUT2D eigenvalue weighted by atomic mass is 35.5. The zero-order valence-corrected chi connectivity index (χ0v) is 22.9. The van der Waals surface area contributed by atoms with Gasteiger partial charge in [0, 0.05) is 35.8 Å². The fourth-order valence-corrected chi connectivity index (χ4v) is 6.17. The monoisotopic (exact) mass is 595 g/mol. The number of rotatable bonds is 9. The van der Waals surface area contributed by atoms with Gasteiger partial charge in [-0.05, 0) is 48.9 Å². The second-order valence-electron chi connectivity index (χ2n) is 10.2. The molecule has 1 amide bonds. The molecule has 214 valence electrons. The Morgan fingerprint density at radius 1 is 1.25 bits per heavy atom. The van der Waals surface area contributed by atoms with E-state index in [0.29, 0.717) is 32.5 Å². The molecule has 0 aliphatic carbocycles. The first kappa shape index (κ1) is 30.2. The van der Waals surface area contributed by atoms with Gasteiger partial charge in [0.05, 0.1) is 23.6 Å². The molecule has 0 bridgehead atoms. The van der Waals surface area contributed by atoms with E-state index in [2.05, 4.69) is 11.4 Å². The van der Waals surface area contributed by atoms with E-state index in [0.717, 1.165) is 6.07 Å². The molecule has 0 aromatic heterocycles. The van der Waals surface area contributed by atoms with Crippen molar-refractivity contribution in [1.82, 2.24) is 5.32 Å². The third-order valence-corrected chi connectivity index (χ3v) is 8.18. The molecule has 8 nitrogen and oxygen atoms in total. The van der Waals surface area contributed by atoms with E-state index in [1.54, 1.807) is 0 Å². The first-order chi connectivity index (χ1) is 19.1. The number of nitriles is 1. The summed E-state index contributed by atoms with van der Waals surface area (Å²) >= 11 is 12.1. The van der Waals surface area contributed by atoms with E-state index in [9.17, 15) is 20.0 Å². The van der Waals surface area contributed by atoms with E-state index >= 15 is 8.78 Å². The summed E-state index contributed by atoms with van der Waals surface area (Å²) in [4.78, 5) is 24.7. The van der Waals surface area contributed by atoms with Gasteiger partial charge in [0.15, 0.2) is 0 Å². The van der Waals surface area contributed by atoms with Crippen molar-refractivity contribution >= 4 is 35.1 Å². The van der Waals surface area contributed by atoms with Crippen LogP contribution in [0.3, 0.4) is 0 Å². The Labute approximate surface area is 240 Å². The second kappa shape index (κ2) is 12.8. The standard InChI is InChI=1S/C28H29Cl2F2N3O5/c29-16-4-5-19(21(31)11-16)28(14-33)22(10-15-6-8-39-9-7-15)35-26(27(38)40-13-17(36)12-23(34)37)24(28)18-2-1-3-20(30)25(18)32/h1-5,11,15,17,22,24,26,35-36H,6-10,12-13H2,(H2,34,37)/t17-,22-,24-,26+,28-/m0/s1. The van der Waals surface area contributed by atoms with Gasteiger partial charge >= 0.3 is 5.97 Å². The summed E-state index contributed by atoms with van der Waals surface area (Å²) in [7, 11) is 0. The van der Waals surface area contributed by atoms with Crippen molar-refractivity contribution in [2.24, 2.45) is 11.7 Å². The number of hydrogen-bond acceptors (Lipinski definition) is 7. The highest BCUT2D eigenvalue weighted by Gasteiger charge is 2.61. The Morgan fingerprint density at radius 2 is 1.98 bits per heavy atom. The lowest BCUT2D eigenvalue weighted by atomic mass is 9.63. The maximum absolute atomic E-state index is 15.7. The van der Waals surface area contributed by atoms with Crippen molar-refractivity contribution in [3.8, 4) is 6.07 Å². The van der Waals surface area contributed by atoms with E-state index < -0.39 is 66.1 Å². The summed E-state index contributed by atoms with van der Waals surface area (Å²) in [5.74, 6) is -4.57. The largest absolute Gasteiger partial charge is 0.462 e. The molecule has 0 saturated carbocycles. The van der Waals surface area contributed by atoms with E-state index in [-0.39, 0.29) is 27.1 Å². The SMILES string of the molecule is N#C[C@]1(c2ccc(Cl)cc2F)[C@H](CC2CCOCC2)N[C@@H](C(=O)OC[C@@H](O)CC(N)=O)[C@@H]1c1cccc(Cl)c1F.